The van der Waals surface area contributed by atoms with Crippen molar-refractivity contribution in [1.29, 1.82) is 0 Å². The third kappa shape index (κ3) is 1.25. The molecular weight excluding hydrogens is 226 g/mol. The standard InChI is InChI=1S/C12H12ClNO2/c1-15-9-6-8(12(14)3-4-12)10(13)7-2-5-16-11(7)9/h2,5-6H,3-4,14H2,1H3. The number of hydrogen-bond acceptors (Lipinski definition) is 3. The Balaban J connectivity index is 2.33. The van der Waals surface area contributed by atoms with E-state index < -0.39 is 0 Å². The van der Waals surface area contributed by atoms with Crippen molar-refractivity contribution in [3.8, 4) is 5.75 Å². The second-order valence-electron chi connectivity index (χ2n) is 4.26. The van der Waals surface area contributed by atoms with Crippen molar-refractivity contribution < 1.29 is 9.15 Å². The van der Waals surface area contributed by atoms with Gasteiger partial charge in [0.25, 0.3) is 0 Å². The maximum Gasteiger partial charge on any atom is 0.177 e. The first kappa shape index (κ1) is 10.00. The summed E-state index contributed by atoms with van der Waals surface area (Å²) in [6, 6.07) is 3.73. The van der Waals surface area contributed by atoms with Crippen molar-refractivity contribution >= 4 is 22.6 Å². The Labute approximate surface area is 98.1 Å². The highest BCUT2D eigenvalue weighted by Gasteiger charge is 2.42. The SMILES string of the molecule is COc1cc(C2(N)CC2)c(Cl)c2ccoc12. The van der Waals surface area contributed by atoms with Gasteiger partial charge in [-0.25, -0.2) is 0 Å². The van der Waals surface area contributed by atoms with Crippen LogP contribution in [0.15, 0.2) is 22.8 Å². The van der Waals surface area contributed by atoms with Crippen LogP contribution in [-0.2, 0) is 5.54 Å². The summed E-state index contributed by atoms with van der Waals surface area (Å²) in [4.78, 5) is 0. The highest BCUT2D eigenvalue weighted by atomic mass is 35.5. The predicted molar refractivity (Wildman–Crippen MR) is 62.9 cm³/mol. The molecule has 2 N–H and O–H groups in total. The number of ether oxygens (including phenoxy) is 1. The van der Waals surface area contributed by atoms with Crippen LogP contribution < -0.4 is 10.5 Å². The average molecular weight is 238 g/mol. The third-order valence-electron chi connectivity index (χ3n) is 3.18. The van der Waals surface area contributed by atoms with Crippen molar-refractivity contribution in [3.63, 3.8) is 0 Å². The Morgan fingerprint density at radius 3 is 2.88 bits per heavy atom. The quantitative estimate of drug-likeness (QED) is 0.873. The fourth-order valence-corrected chi connectivity index (χ4v) is 2.39. The van der Waals surface area contributed by atoms with E-state index in [-0.39, 0.29) is 5.54 Å². The molecule has 0 unspecified atom stereocenters. The van der Waals surface area contributed by atoms with Crippen molar-refractivity contribution in [1.82, 2.24) is 0 Å². The van der Waals surface area contributed by atoms with Gasteiger partial charge in [0.15, 0.2) is 11.3 Å². The maximum absolute atomic E-state index is 6.34. The number of nitrogens with two attached hydrogens (primary N) is 1. The first-order chi connectivity index (χ1) is 7.65. The Bertz CT molecular complexity index is 557. The molecule has 0 radical (unpaired) electrons. The average Bonchev–Trinajstić information content (AvgIpc) is 2.82. The maximum atomic E-state index is 6.34. The first-order valence-corrected chi connectivity index (χ1v) is 5.56. The number of fused-ring (bicyclic) bond motifs is 1. The Morgan fingerprint density at radius 1 is 1.50 bits per heavy atom. The molecule has 0 amide bonds. The minimum atomic E-state index is -0.268. The molecule has 3 nitrogen and oxygen atoms in total. The third-order valence-corrected chi connectivity index (χ3v) is 3.59. The van der Waals surface area contributed by atoms with Gasteiger partial charge in [-0.1, -0.05) is 11.6 Å². The molecule has 1 aromatic heterocycles. The number of halogens is 1. The molecule has 3 rings (SSSR count). The topological polar surface area (TPSA) is 48.4 Å². The second-order valence-corrected chi connectivity index (χ2v) is 4.64. The Hall–Kier alpha value is -1.19. The molecule has 84 valence electrons. The van der Waals surface area contributed by atoms with Gasteiger partial charge in [-0.3, -0.25) is 0 Å². The van der Waals surface area contributed by atoms with Gasteiger partial charge in [0.1, 0.15) is 0 Å². The van der Waals surface area contributed by atoms with E-state index in [4.69, 9.17) is 26.5 Å². The van der Waals surface area contributed by atoms with Gasteiger partial charge in [0, 0.05) is 10.9 Å². The molecule has 4 heteroatoms. The number of hydrogen-bond donors (Lipinski definition) is 1. The summed E-state index contributed by atoms with van der Waals surface area (Å²) in [7, 11) is 1.62. The highest BCUT2D eigenvalue weighted by molar-refractivity contribution is 6.36. The predicted octanol–water partition coefficient (Wildman–Crippen LogP) is 3.04. The smallest absolute Gasteiger partial charge is 0.177 e. The minimum Gasteiger partial charge on any atom is -0.493 e. The van der Waals surface area contributed by atoms with E-state index in [0.29, 0.717) is 16.4 Å². The summed E-state index contributed by atoms with van der Waals surface area (Å²) in [5, 5.41) is 1.55. The molecule has 1 aromatic carbocycles. The number of methoxy groups -OCH3 is 1. The van der Waals surface area contributed by atoms with Crippen molar-refractivity contribution in [3.05, 3.63) is 29.0 Å². The van der Waals surface area contributed by atoms with E-state index in [0.717, 1.165) is 23.8 Å². The summed E-state index contributed by atoms with van der Waals surface area (Å²) in [5.74, 6) is 0.691. The minimum absolute atomic E-state index is 0.268. The van der Waals surface area contributed by atoms with E-state index in [9.17, 15) is 0 Å². The molecule has 0 spiro atoms. The number of rotatable bonds is 2. The zero-order valence-corrected chi connectivity index (χ0v) is 9.67. The van der Waals surface area contributed by atoms with Crippen LogP contribution in [0.1, 0.15) is 18.4 Å². The van der Waals surface area contributed by atoms with Gasteiger partial charge in [-0.2, -0.15) is 0 Å². The molecule has 1 aliphatic carbocycles. The van der Waals surface area contributed by atoms with Crippen LogP contribution >= 0.6 is 11.6 Å². The normalized spacial score (nSPS) is 17.7. The van der Waals surface area contributed by atoms with Crippen LogP contribution in [0.2, 0.25) is 5.02 Å². The molecule has 1 heterocycles. The molecule has 16 heavy (non-hydrogen) atoms. The number of benzene rings is 1. The van der Waals surface area contributed by atoms with Crippen LogP contribution in [0.4, 0.5) is 0 Å². The van der Waals surface area contributed by atoms with Gasteiger partial charge in [0.2, 0.25) is 0 Å². The fraction of sp³-hybridized carbons (Fsp3) is 0.333. The van der Waals surface area contributed by atoms with Gasteiger partial charge in [-0.15, -0.1) is 0 Å². The van der Waals surface area contributed by atoms with Gasteiger partial charge >= 0.3 is 0 Å². The van der Waals surface area contributed by atoms with E-state index in [1.165, 1.54) is 0 Å². The summed E-state index contributed by atoms with van der Waals surface area (Å²) in [6.45, 7) is 0. The molecule has 2 aromatic rings. The molecule has 0 aliphatic heterocycles. The summed E-state index contributed by atoms with van der Waals surface area (Å²) < 4.78 is 10.7. The van der Waals surface area contributed by atoms with Crippen LogP contribution in [0.25, 0.3) is 11.0 Å². The van der Waals surface area contributed by atoms with Crippen LogP contribution in [0, 0.1) is 0 Å². The van der Waals surface area contributed by atoms with E-state index in [1.807, 2.05) is 12.1 Å². The molecule has 0 bridgehead atoms. The van der Waals surface area contributed by atoms with E-state index >= 15 is 0 Å². The van der Waals surface area contributed by atoms with Crippen molar-refractivity contribution in [2.45, 2.75) is 18.4 Å². The molecule has 1 aliphatic rings. The van der Waals surface area contributed by atoms with Crippen LogP contribution in [0.3, 0.4) is 0 Å². The van der Waals surface area contributed by atoms with Gasteiger partial charge in [-0.05, 0) is 30.5 Å². The Morgan fingerprint density at radius 2 is 2.25 bits per heavy atom. The fourth-order valence-electron chi connectivity index (χ4n) is 2.00. The second kappa shape index (κ2) is 3.15. The van der Waals surface area contributed by atoms with Gasteiger partial charge in [0.05, 0.1) is 18.4 Å². The van der Waals surface area contributed by atoms with Crippen LogP contribution in [0.5, 0.6) is 5.75 Å². The lowest BCUT2D eigenvalue weighted by atomic mass is 10.0. The zero-order chi connectivity index (χ0) is 11.3. The van der Waals surface area contributed by atoms with Crippen LogP contribution in [-0.4, -0.2) is 7.11 Å². The lowest BCUT2D eigenvalue weighted by molar-refractivity contribution is 0.409. The summed E-state index contributed by atoms with van der Waals surface area (Å²) in [6.07, 6.45) is 3.55. The zero-order valence-electron chi connectivity index (χ0n) is 8.92. The Kier molecular flexibility index (Phi) is 1.97. The summed E-state index contributed by atoms with van der Waals surface area (Å²) >= 11 is 6.34. The largest absolute Gasteiger partial charge is 0.493 e. The monoisotopic (exact) mass is 237 g/mol. The number of furan rings is 1. The van der Waals surface area contributed by atoms with E-state index in [2.05, 4.69) is 0 Å². The lowest BCUT2D eigenvalue weighted by Crippen LogP contribution is -2.19. The highest BCUT2D eigenvalue weighted by Crippen LogP contribution is 2.49. The summed E-state index contributed by atoms with van der Waals surface area (Å²) in [5.41, 5.74) is 7.55. The molecule has 1 fully saturated rings. The molecule has 1 saturated carbocycles. The molecule has 0 atom stereocenters. The molecular formula is C12H12ClNO2. The van der Waals surface area contributed by atoms with E-state index in [1.54, 1.807) is 13.4 Å². The van der Waals surface area contributed by atoms with Crippen molar-refractivity contribution in [2.75, 3.05) is 7.11 Å². The lowest BCUT2D eigenvalue weighted by Gasteiger charge is -2.13. The van der Waals surface area contributed by atoms with Crippen molar-refractivity contribution in [2.24, 2.45) is 5.73 Å². The van der Waals surface area contributed by atoms with Gasteiger partial charge < -0.3 is 14.9 Å². The molecule has 0 saturated heterocycles. The first-order valence-electron chi connectivity index (χ1n) is 5.19.